The second kappa shape index (κ2) is 23.8. The molecule has 434 valence electrons. The van der Waals surface area contributed by atoms with Crippen molar-refractivity contribution in [1.29, 1.82) is 0 Å². The molecule has 0 aliphatic heterocycles. The molecule has 0 saturated heterocycles. The molecule has 2 nitrogen and oxygen atoms in total. The Bertz CT molecular complexity index is 4940. The third-order valence-corrected chi connectivity index (χ3v) is 18.0. The van der Waals surface area contributed by atoms with Crippen LogP contribution in [0.15, 0.2) is 352 Å². The zero-order valence-electron chi connectivity index (χ0n) is 50.1. The van der Waals surface area contributed by atoms with Crippen molar-refractivity contribution in [2.45, 2.75) is 0 Å². The van der Waals surface area contributed by atoms with Gasteiger partial charge in [0.1, 0.15) is 11.6 Å². The summed E-state index contributed by atoms with van der Waals surface area (Å²) in [6.45, 7) is 0. The van der Waals surface area contributed by atoms with E-state index in [1.54, 1.807) is 12.1 Å². The van der Waals surface area contributed by atoms with Gasteiger partial charge in [-0.15, -0.1) is 0 Å². The minimum Gasteiger partial charge on any atom is -0.307 e. The maximum absolute atomic E-state index is 18.2. The molecule has 4 heteroatoms. The van der Waals surface area contributed by atoms with Crippen LogP contribution in [0.1, 0.15) is 0 Å². The van der Waals surface area contributed by atoms with E-state index in [4.69, 9.17) is 0 Å². The Morgan fingerprint density at radius 1 is 0.196 bits per heavy atom. The van der Waals surface area contributed by atoms with E-state index >= 15 is 8.78 Å². The molecule has 16 aromatic carbocycles. The fourth-order valence-electron chi connectivity index (χ4n) is 13.6. The number of nitrogens with zero attached hydrogens (tertiary/aromatic N) is 2. The van der Waals surface area contributed by atoms with Crippen LogP contribution < -0.4 is 9.80 Å². The summed E-state index contributed by atoms with van der Waals surface area (Å²) in [5.74, 6) is -0.733. The van der Waals surface area contributed by atoms with Crippen LogP contribution in [0.3, 0.4) is 0 Å². The Morgan fingerprint density at radius 3 is 0.750 bits per heavy atom. The average Bonchev–Trinajstić information content (AvgIpc) is 0.735. The van der Waals surface area contributed by atoms with E-state index < -0.39 is 0 Å². The summed E-state index contributed by atoms with van der Waals surface area (Å²) in [7, 11) is 0. The Kier molecular flexibility index (Phi) is 14.3. The molecule has 0 saturated carbocycles. The minimum atomic E-state index is -0.367. The number of hydrogen-bond donors (Lipinski definition) is 0. The zero-order chi connectivity index (χ0) is 61.5. The maximum atomic E-state index is 18.2. The fraction of sp³-hybridized carbons (Fsp3) is 0. The highest BCUT2D eigenvalue weighted by molar-refractivity contribution is 6.28. The summed E-state index contributed by atoms with van der Waals surface area (Å²) >= 11 is 0. The van der Waals surface area contributed by atoms with Gasteiger partial charge in [-0.1, -0.05) is 303 Å². The molecule has 0 unspecified atom stereocenters. The Morgan fingerprint density at radius 2 is 0.446 bits per heavy atom. The molecule has 0 amide bonds. The third-order valence-electron chi connectivity index (χ3n) is 18.0. The van der Waals surface area contributed by atoms with Gasteiger partial charge in [-0.05, 0) is 148 Å². The van der Waals surface area contributed by atoms with E-state index in [2.05, 4.69) is 252 Å². The third kappa shape index (κ3) is 10.1. The lowest BCUT2D eigenvalue weighted by atomic mass is 9.88. The molecule has 0 fully saturated rings. The van der Waals surface area contributed by atoms with Gasteiger partial charge in [0.05, 0.1) is 22.7 Å². The first-order valence-corrected chi connectivity index (χ1v) is 31.2. The van der Waals surface area contributed by atoms with Crippen molar-refractivity contribution in [2.24, 2.45) is 0 Å². The number of para-hydroxylation sites is 2. The molecule has 0 aromatic heterocycles. The first-order chi connectivity index (χ1) is 45.5. The predicted octanol–water partition coefficient (Wildman–Crippen LogP) is 25.1. The van der Waals surface area contributed by atoms with Crippen molar-refractivity contribution in [2.75, 3.05) is 9.80 Å². The van der Waals surface area contributed by atoms with Crippen molar-refractivity contribution in [3.8, 4) is 89.0 Å². The first-order valence-electron chi connectivity index (χ1n) is 31.2. The van der Waals surface area contributed by atoms with Gasteiger partial charge in [0.25, 0.3) is 0 Å². The van der Waals surface area contributed by atoms with Gasteiger partial charge >= 0.3 is 0 Å². The average molecular weight is 1180 g/mol. The van der Waals surface area contributed by atoms with Crippen LogP contribution in [-0.4, -0.2) is 0 Å². The summed E-state index contributed by atoms with van der Waals surface area (Å²) in [6, 6.07) is 120. The monoisotopic (exact) mass is 1180 g/mol. The van der Waals surface area contributed by atoms with Crippen molar-refractivity contribution < 1.29 is 8.78 Å². The summed E-state index contributed by atoms with van der Waals surface area (Å²) < 4.78 is 36.4. The molecule has 0 aliphatic carbocycles. The van der Waals surface area contributed by atoms with E-state index in [9.17, 15) is 0 Å². The highest BCUT2D eigenvalue weighted by Crippen LogP contribution is 2.54. The number of hydrogen-bond acceptors (Lipinski definition) is 2. The lowest BCUT2D eigenvalue weighted by molar-refractivity contribution is 0.629. The standard InChI is InChI=1S/C88H58F2N2/c89-79-55-53-75(67-39-31-63(32-40-67)59-19-7-1-8-20-59)85(71-43-35-65(36-44-71)61-23-11-3-12-24-61)87(79)91(73-27-15-5-16-28-73)81-57-49-69-48-52-78-82(58-50-70-47-51-77(81)83(69)84(70)78)92(74-29-17-6-18-30-74)88-80(90)56-54-76(68-41-33-64(34-42-68)60-21-9-2-10-22-60)86(88)72-45-37-66(38-46-72)62-25-13-4-14-26-62/h1-58H. The van der Waals surface area contributed by atoms with Crippen LogP contribution in [0.25, 0.3) is 121 Å². The molecule has 0 N–H and O–H groups in total. The summed E-state index contributed by atoms with van der Waals surface area (Å²) in [5, 5.41) is 5.94. The molecule has 0 aliphatic rings. The molecular formula is C88H58F2N2. The second-order valence-corrected chi connectivity index (χ2v) is 23.3. The van der Waals surface area contributed by atoms with E-state index in [1.807, 2.05) is 97.1 Å². The molecule has 0 heterocycles. The van der Waals surface area contributed by atoms with E-state index in [1.165, 1.54) is 0 Å². The van der Waals surface area contributed by atoms with Gasteiger partial charge in [-0.3, -0.25) is 0 Å². The lowest BCUT2D eigenvalue weighted by Gasteiger charge is -2.32. The van der Waals surface area contributed by atoms with Crippen molar-refractivity contribution >= 4 is 66.4 Å². The molecule has 0 radical (unpaired) electrons. The number of anilines is 6. The largest absolute Gasteiger partial charge is 0.307 e. The van der Waals surface area contributed by atoms with Crippen molar-refractivity contribution in [1.82, 2.24) is 0 Å². The molecule has 16 rings (SSSR count). The molecule has 0 atom stereocenters. The smallest absolute Gasteiger partial charge is 0.147 e. The maximum Gasteiger partial charge on any atom is 0.147 e. The number of halogens is 2. The van der Waals surface area contributed by atoms with Gasteiger partial charge in [-0.25, -0.2) is 8.78 Å². The summed E-state index contributed by atoms with van der Waals surface area (Å²) in [6.07, 6.45) is 0. The van der Waals surface area contributed by atoms with Crippen LogP contribution in [0, 0.1) is 11.6 Å². The van der Waals surface area contributed by atoms with Crippen molar-refractivity contribution in [3.05, 3.63) is 363 Å². The molecular weight excluding hydrogens is 1120 g/mol. The molecule has 0 bridgehead atoms. The van der Waals surface area contributed by atoms with E-state index in [0.29, 0.717) is 11.4 Å². The Hall–Kier alpha value is -12.0. The normalized spacial score (nSPS) is 11.4. The summed E-state index contributed by atoms with van der Waals surface area (Å²) in [4.78, 5) is 4.23. The van der Waals surface area contributed by atoms with Gasteiger partial charge < -0.3 is 9.80 Å². The Labute approximate surface area is 534 Å². The number of benzene rings is 16. The minimum absolute atomic E-state index is 0.367. The molecule has 0 spiro atoms. The lowest BCUT2D eigenvalue weighted by Crippen LogP contribution is -2.15. The van der Waals surface area contributed by atoms with Crippen LogP contribution >= 0.6 is 0 Å². The van der Waals surface area contributed by atoms with Crippen LogP contribution in [-0.2, 0) is 0 Å². The molecule has 16 aromatic rings. The quantitative estimate of drug-likeness (QED) is 0.100. The predicted molar refractivity (Wildman–Crippen MR) is 383 cm³/mol. The summed E-state index contributed by atoms with van der Waals surface area (Å²) in [5.41, 5.74) is 19.8. The van der Waals surface area contributed by atoms with Crippen LogP contribution in [0.2, 0.25) is 0 Å². The number of rotatable bonds is 14. The first kappa shape index (κ1) is 55.3. The van der Waals surface area contributed by atoms with Crippen LogP contribution in [0.4, 0.5) is 42.9 Å². The van der Waals surface area contributed by atoms with Gasteiger partial charge in [-0.2, -0.15) is 0 Å². The zero-order valence-corrected chi connectivity index (χ0v) is 50.1. The Balaban J connectivity index is 0.913. The fourth-order valence-corrected chi connectivity index (χ4v) is 13.6. The van der Waals surface area contributed by atoms with Gasteiger partial charge in [0.2, 0.25) is 0 Å². The van der Waals surface area contributed by atoms with Crippen LogP contribution in [0.5, 0.6) is 0 Å². The van der Waals surface area contributed by atoms with Crippen molar-refractivity contribution in [3.63, 3.8) is 0 Å². The van der Waals surface area contributed by atoms with E-state index in [0.717, 1.165) is 144 Å². The molecule has 92 heavy (non-hydrogen) atoms. The van der Waals surface area contributed by atoms with Gasteiger partial charge in [0, 0.05) is 33.3 Å². The highest BCUT2D eigenvalue weighted by Gasteiger charge is 2.30. The highest BCUT2D eigenvalue weighted by atomic mass is 19.1. The topological polar surface area (TPSA) is 6.48 Å². The second-order valence-electron chi connectivity index (χ2n) is 23.3. The van der Waals surface area contributed by atoms with E-state index in [-0.39, 0.29) is 11.6 Å². The SMILES string of the molecule is Fc1ccc(-c2ccc(-c3ccccc3)cc2)c(-c2ccc(-c3ccccc3)cc2)c1N(c1ccccc1)c1ccc2ccc3c(N(c4ccccc4)c4c(F)ccc(-c5ccc(-c6ccccc6)cc5)c4-c4ccc(-c5ccccc5)cc4)ccc4ccc1c2c43. The van der Waals surface area contributed by atoms with Gasteiger partial charge in [0.15, 0.2) is 0 Å².